The second-order valence-electron chi connectivity index (χ2n) is 10.7. The molecule has 1 unspecified atom stereocenters. The second-order valence-corrected chi connectivity index (χ2v) is 14.7. The average molecular weight is 750 g/mol. The Kier molecular flexibility index (Phi) is 16.3. The van der Waals surface area contributed by atoms with Crippen LogP contribution in [0.3, 0.4) is 0 Å². The quantitative estimate of drug-likeness (QED) is 0.0290. The van der Waals surface area contributed by atoms with Crippen LogP contribution >= 0.6 is 7.82 Å². The van der Waals surface area contributed by atoms with Crippen molar-refractivity contribution in [3.8, 4) is 6.07 Å². The molecule has 0 aliphatic carbocycles. The zero-order valence-corrected chi connectivity index (χ0v) is 29.8. The van der Waals surface area contributed by atoms with Gasteiger partial charge in [0, 0.05) is 36.7 Å². The van der Waals surface area contributed by atoms with Gasteiger partial charge in [0.2, 0.25) is 1.43 Å². The number of anilines is 1. The number of nitrogens with one attached hydrogen (secondary N) is 1. The lowest BCUT2D eigenvalue weighted by Crippen LogP contribution is -2.30. The molecule has 0 bridgehead atoms. The number of nitro benzene ring substituents is 1. The molecule has 51 heavy (non-hydrogen) atoms. The van der Waals surface area contributed by atoms with E-state index in [2.05, 4.69) is 20.7 Å². The maximum atomic E-state index is 13.3. The third kappa shape index (κ3) is 14.1. The fourth-order valence-corrected chi connectivity index (χ4v) is 6.72. The molecular formula is C32H41N6O11PS. The highest BCUT2D eigenvalue weighted by Gasteiger charge is 2.28. The molecule has 0 heterocycles. The van der Waals surface area contributed by atoms with E-state index in [1.807, 2.05) is 6.07 Å². The van der Waals surface area contributed by atoms with E-state index in [0.717, 1.165) is 0 Å². The van der Waals surface area contributed by atoms with Crippen LogP contribution in [0.1, 0.15) is 19.3 Å². The summed E-state index contributed by atoms with van der Waals surface area (Å²) in [5.74, 6) is -1.50. The first-order chi connectivity index (χ1) is 25.0. The van der Waals surface area contributed by atoms with E-state index in [1.54, 1.807) is 60.5 Å². The summed E-state index contributed by atoms with van der Waals surface area (Å²) in [4.78, 5) is 24.5. The van der Waals surface area contributed by atoms with Crippen molar-refractivity contribution in [2.75, 3.05) is 76.1 Å². The van der Waals surface area contributed by atoms with Crippen molar-refractivity contribution in [3.63, 3.8) is 0 Å². The van der Waals surface area contributed by atoms with Gasteiger partial charge in [0.15, 0.2) is 9.84 Å². The number of hydrogen-bond donors (Lipinski definition) is 2. The molecule has 3 aromatic rings. The second kappa shape index (κ2) is 21.1. The van der Waals surface area contributed by atoms with Crippen LogP contribution in [0.4, 0.5) is 22.7 Å². The molecule has 1 atom stereocenters. The van der Waals surface area contributed by atoms with E-state index in [1.165, 1.54) is 12.1 Å². The van der Waals surface area contributed by atoms with Crippen LogP contribution in [0.5, 0.6) is 0 Å². The van der Waals surface area contributed by atoms with E-state index in [0.29, 0.717) is 40.8 Å². The lowest BCUT2D eigenvalue weighted by atomic mass is 10.1. The number of phosphoric ester groups is 1. The summed E-state index contributed by atoms with van der Waals surface area (Å²) in [5.41, 5.74) is 1.57. The highest BCUT2D eigenvalue weighted by atomic mass is 32.2. The van der Waals surface area contributed by atoms with E-state index in [9.17, 15) is 27.9 Å². The molecule has 2 N–H and O–H groups in total. The minimum absolute atomic E-state index is 0.0185. The van der Waals surface area contributed by atoms with E-state index in [-0.39, 0.29) is 58.0 Å². The van der Waals surface area contributed by atoms with E-state index >= 15 is 0 Å². The summed E-state index contributed by atoms with van der Waals surface area (Å²) >= 11 is 0. The number of fused-ring (bicyclic) bond motifs is 1. The number of azo groups is 1. The molecule has 3 rings (SSSR count). The van der Waals surface area contributed by atoms with Crippen molar-refractivity contribution in [3.05, 3.63) is 70.8 Å². The van der Waals surface area contributed by atoms with Crippen LogP contribution in [-0.2, 0) is 37.5 Å². The number of nitriles is 1. The van der Waals surface area contributed by atoms with Gasteiger partial charge in [-0.2, -0.15) is 10.4 Å². The van der Waals surface area contributed by atoms with Crippen molar-refractivity contribution in [2.24, 2.45) is 10.2 Å². The summed E-state index contributed by atoms with van der Waals surface area (Å²) in [6.45, 7) is -0.373. The zero-order chi connectivity index (χ0) is 37.8. The first kappa shape index (κ1) is 39.4. The molecule has 0 amide bonds. The van der Waals surface area contributed by atoms with Crippen LogP contribution in [-0.4, -0.2) is 97.1 Å². The Balaban J connectivity index is 1.60. The number of nitrogens with zero attached hydrogens (tertiary/aromatic N) is 5. The maximum Gasteiger partial charge on any atom is 0.474 e. The van der Waals surface area contributed by atoms with Gasteiger partial charge < -0.3 is 20.1 Å². The Morgan fingerprint density at radius 2 is 1.73 bits per heavy atom. The molecule has 0 fully saturated rings. The topological polar surface area (TPSA) is 232 Å². The number of esters is 1. The molecular weight excluding hydrogens is 707 g/mol. The fraction of sp³-hybridized carbons (Fsp3) is 0.438. The number of phosphoric acid groups is 1. The first-order valence-corrected chi connectivity index (χ1v) is 19.2. The number of nitro groups is 1. The lowest BCUT2D eigenvalue weighted by molar-refractivity contribution is -0.383. The van der Waals surface area contributed by atoms with Gasteiger partial charge in [0.05, 0.1) is 72.1 Å². The maximum absolute atomic E-state index is 13.3. The number of benzene rings is 3. The van der Waals surface area contributed by atoms with Crippen LogP contribution in [0.25, 0.3) is 10.8 Å². The number of aliphatic hydroxyl groups excluding tert-OH is 1. The minimum Gasteiger partial charge on any atom is -0.465 e. The lowest BCUT2D eigenvalue weighted by Gasteiger charge is -2.25. The molecule has 276 valence electrons. The molecule has 0 saturated carbocycles. The van der Waals surface area contributed by atoms with Crippen molar-refractivity contribution in [1.82, 2.24) is 5.32 Å². The van der Waals surface area contributed by atoms with Gasteiger partial charge in [0.25, 0.3) is 5.69 Å². The summed E-state index contributed by atoms with van der Waals surface area (Å²) in [6.07, 6.45) is 0.586. The Bertz CT molecular complexity index is 1840. The monoisotopic (exact) mass is 749 g/mol. The van der Waals surface area contributed by atoms with Gasteiger partial charge in [-0.25, -0.2) is 13.0 Å². The highest BCUT2D eigenvalue weighted by molar-refractivity contribution is 7.91. The number of hydrogen-bond acceptors (Lipinski definition) is 16. The van der Waals surface area contributed by atoms with Gasteiger partial charge in [-0.15, -0.1) is 5.11 Å². The van der Waals surface area contributed by atoms with Crippen LogP contribution < -0.4 is 10.2 Å². The molecule has 0 saturated heterocycles. The smallest absolute Gasteiger partial charge is 0.465 e. The predicted molar refractivity (Wildman–Crippen MR) is 189 cm³/mol. The number of ether oxygens (including phenoxy) is 1. The molecule has 0 aromatic heterocycles. The van der Waals surface area contributed by atoms with Crippen LogP contribution in [0, 0.1) is 21.4 Å². The van der Waals surface area contributed by atoms with Gasteiger partial charge in [-0.05, 0) is 56.4 Å². The Morgan fingerprint density at radius 3 is 2.43 bits per heavy atom. The molecule has 0 aliphatic rings. The largest absolute Gasteiger partial charge is 0.474 e. The summed E-state index contributed by atoms with van der Waals surface area (Å²) in [6, 6.07) is 18.4. The standard InChI is InChI=1S/C32H41N6O11PS/c1-34-16-4-8-32(40)46-22-24-51(44,45)25-23-49-50(43,47-20-5-15-33)48-21-18-37(17-19-39)27-11-9-26(10-12-27)35-36-30-13-14-31(38(41)42)29-7-3-2-6-28(29)30/h2-3,6-7,9-14,34,39H,4-5,8,16-25H2,1H3/b36-35+/i39D. The number of non-ortho nitro benzene ring substituents is 1. The number of carbonyl (C=O) groups excluding carboxylic acids is 1. The van der Waals surface area contributed by atoms with Crippen molar-refractivity contribution >= 4 is 57.2 Å². The van der Waals surface area contributed by atoms with Gasteiger partial charge in [0.1, 0.15) is 6.61 Å². The van der Waals surface area contributed by atoms with E-state index in [4.69, 9.17) is 25.0 Å². The highest BCUT2D eigenvalue weighted by Crippen LogP contribution is 2.49. The summed E-state index contributed by atoms with van der Waals surface area (Å²) < 4.78 is 66.3. The predicted octanol–water partition coefficient (Wildman–Crippen LogP) is 4.99. The van der Waals surface area contributed by atoms with Crippen LogP contribution in [0.15, 0.2) is 70.9 Å². The zero-order valence-electron chi connectivity index (χ0n) is 29.0. The molecule has 19 heteroatoms. The molecule has 0 aliphatic heterocycles. The Labute approximate surface area is 297 Å². The fourth-order valence-electron chi connectivity index (χ4n) is 4.56. The van der Waals surface area contributed by atoms with E-state index < -0.39 is 46.7 Å². The third-order valence-electron chi connectivity index (χ3n) is 7.11. The SMILES string of the molecule is [2H]OCCN(CCOP(=O)(OCCC#N)OCCS(=O)(=O)CCOC(=O)CCCNC)c1ccc(/N=N/c2ccc([N+](=O)[O-])c3ccccc23)cc1. The minimum atomic E-state index is -4.31. The number of sulfone groups is 1. The summed E-state index contributed by atoms with van der Waals surface area (Å²) in [7, 11) is -6.31. The van der Waals surface area contributed by atoms with Crippen molar-refractivity contribution < 1.29 is 46.1 Å². The third-order valence-corrected chi connectivity index (χ3v) is 10.2. The summed E-state index contributed by atoms with van der Waals surface area (Å²) in [5, 5.41) is 37.3. The van der Waals surface area contributed by atoms with Gasteiger partial charge in [-0.3, -0.25) is 28.5 Å². The molecule has 3 aromatic carbocycles. The normalized spacial score (nSPS) is 13.1. The number of rotatable bonds is 25. The van der Waals surface area contributed by atoms with Gasteiger partial charge in [-0.1, -0.05) is 18.2 Å². The average Bonchev–Trinajstić information content (AvgIpc) is 3.12. The van der Waals surface area contributed by atoms with Crippen LogP contribution in [0.2, 0.25) is 0 Å². The molecule has 0 spiro atoms. The first-order valence-electron chi connectivity index (χ1n) is 16.3. The Morgan fingerprint density at radius 1 is 1.02 bits per heavy atom. The number of aliphatic hydroxyl groups is 1. The Hall–Kier alpha value is -4.34. The van der Waals surface area contributed by atoms with Gasteiger partial charge >= 0.3 is 13.8 Å². The van der Waals surface area contributed by atoms with Crippen molar-refractivity contribution in [2.45, 2.75) is 19.3 Å². The van der Waals surface area contributed by atoms with Crippen molar-refractivity contribution in [1.29, 1.82) is 6.69 Å². The number of carbonyl (C=O) groups is 1. The molecule has 17 nitrogen and oxygen atoms in total. The molecule has 0 radical (unpaired) electrons.